The first-order valence-corrected chi connectivity index (χ1v) is 8.40. The summed E-state index contributed by atoms with van der Waals surface area (Å²) in [5.41, 5.74) is 3.60. The molecule has 4 nitrogen and oxygen atoms in total. The van der Waals surface area contributed by atoms with Crippen LogP contribution in [0.4, 0.5) is 0 Å². The molecule has 1 saturated carbocycles. The second kappa shape index (κ2) is 6.01. The summed E-state index contributed by atoms with van der Waals surface area (Å²) in [6.45, 7) is 6.28. The van der Waals surface area contributed by atoms with E-state index in [1.807, 2.05) is 0 Å². The van der Waals surface area contributed by atoms with Gasteiger partial charge in [0, 0.05) is 38.1 Å². The van der Waals surface area contributed by atoms with E-state index in [0.29, 0.717) is 5.92 Å². The number of methoxy groups -OCH3 is 1. The maximum Gasteiger partial charge on any atom is 0.160 e. The lowest BCUT2D eigenvalue weighted by Gasteiger charge is -2.34. The van der Waals surface area contributed by atoms with Crippen molar-refractivity contribution in [1.29, 1.82) is 0 Å². The van der Waals surface area contributed by atoms with Crippen LogP contribution in [0.1, 0.15) is 74.6 Å². The molecule has 0 radical (unpaired) electrons. The Hall–Kier alpha value is -1.00. The fourth-order valence-electron chi connectivity index (χ4n) is 3.54. The zero-order chi connectivity index (χ0) is 14.9. The van der Waals surface area contributed by atoms with Gasteiger partial charge in [-0.1, -0.05) is 20.3 Å². The number of rotatable bonds is 5. The summed E-state index contributed by atoms with van der Waals surface area (Å²) in [5, 5.41) is 3.47. The van der Waals surface area contributed by atoms with E-state index in [4.69, 9.17) is 14.7 Å². The van der Waals surface area contributed by atoms with Crippen LogP contribution < -0.4 is 5.32 Å². The molecule has 0 bridgehead atoms. The van der Waals surface area contributed by atoms with Gasteiger partial charge in [0.15, 0.2) is 5.82 Å². The van der Waals surface area contributed by atoms with E-state index >= 15 is 0 Å². The van der Waals surface area contributed by atoms with Crippen LogP contribution in [0.25, 0.3) is 0 Å². The van der Waals surface area contributed by atoms with Crippen molar-refractivity contribution in [3.05, 3.63) is 22.8 Å². The van der Waals surface area contributed by atoms with E-state index in [1.54, 1.807) is 7.11 Å². The first kappa shape index (κ1) is 14.9. The lowest BCUT2D eigenvalue weighted by Crippen LogP contribution is -2.34. The van der Waals surface area contributed by atoms with Crippen molar-refractivity contribution in [3.63, 3.8) is 0 Å². The first-order chi connectivity index (χ1) is 10.2. The molecule has 116 valence electrons. The van der Waals surface area contributed by atoms with Crippen molar-refractivity contribution in [2.75, 3.05) is 13.7 Å². The number of nitrogens with one attached hydrogen (secondary N) is 1. The SMILES string of the molecule is CCC(CC)(OC)c1nc2c(c(C3CCC3)n1)CNCC2. The van der Waals surface area contributed by atoms with Crippen LogP contribution in [0.2, 0.25) is 0 Å². The van der Waals surface area contributed by atoms with Crippen molar-refractivity contribution >= 4 is 0 Å². The lowest BCUT2D eigenvalue weighted by molar-refractivity contribution is -0.0296. The summed E-state index contributed by atoms with van der Waals surface area (Å²) in [5.74, 6) is 1.56. The van der Waals surface area contributed by atoms with E-state index in [2.05, 4.69) is 19.2 Å². The zero-order valence-electron chi connectivity index (χ0n) is 13.5. The highest BCUT2D eigenvalue weighted by molar-refractivity contribution is 5.33. The molecule has 0 spiro atoms. The number of fused-ring (bicyclic) bond motifs is 1. The van der Waals surface area contributed by atoms with Crippen molar-refractivity contribution in [3.8, 4) is 0 Å². The molecular formula is C17H27N3O. The Bertz CT molecular complexity index is 499. The summed E-state index contributed by atoms with van der Waals surface area (Å²) in [6.07, 6.45) is 6.74. The maximum atomic E-state index is 5.86. The molecule has 0 amide bonds. The molecule has 2 aliphatic rings. The van der Waals surface area contributed by atoms with Gasteiger partial charge in [0.1, 0.15) is 5.60 Å². The van der Waals surface area contributed by atoms with Gasteiger partial charge >= 0.3 is 0 Å². The molecule has 4 heteroatoms. The van der Waals surface area contributed by atoms with E-state index in [0.717, 1.165) is 38.2 Å². The van der Waals surface area contributed by atoms with Crippen LogP contribution in [0, 0.1) is 0 Å². The van der Waals surface area contributed by atoms with Gasteiger partial charge in [-0.25, -0.2) is 9.97 Å². The molecule has 1 aliphatic carbocycles. The summed E-state index contributed by atoms with van der Waals surface area (Å²) in [6, 6.07) is 0. The Kier molecular flexibility index (Phi) is 4.27. The quantitative estimate of drug-likeness (QED) is 0.905. The summed E-state index contributed by atoms with van der Waals surface area (Å²) >= 11 is 0. The van der Waals surface area contributed by atoms with E-state index in [9.17, 15) is 0 Å². The molecule has 0 unspecified atom stereocenters. The zero-order valence-corrected chi connectivity index (χ0v) is 13.5. The molecule has 1 fully saturated rings. The Labute approximate surface area is 127 Å². The number of ether oxygens (including phenoxy) is 1. The van der Waals surface area contributed by atoms with Crippen LogP contribution >= 0.6 is 0 Å². The summed E-state index contributed by atoms with van der Waals surface area (Å²) in [4.78, 5) is 9.94. The largest absolute Gasteiger partial charge is 0.370 e. The van der Waals surface area contributed by atoms with Gasteiger partial charge < -0.3 is 10.1 Å². The molecule has 2 heterocycles. The molecule has 0 atom stereocenters. The second-order valence-electron chi connectivity index (χ2n) is 6.32. The van der Waals surface area contributed by atoms with Gasteiger partial charge in [0.05, 0.1) is 11.4 Å². The smallest absolute Gasteiger partial charge is 0.160 e. The highest BCUT2D eigenvalue weighted by Gasteiger charge is 2.35. The van der Waals surface area contributed by atoms with Crippen molar-refractivity contribution in [2.45, 2.75) is 70.4 Å². The highest BCUT2D eigenvalue weighted by atomic mass is 16.5. The fourth-order valence-corrected chi connectivity index (χ4v) is 3.54. The summed E-state index contributed by atoms with van der Waals surface area (Å²) in [7, 11) is 1.79. The van der Waals surface area contributed by atoms with Gasteiger partial charge in [0.2, 0.25) is 0 Å². The Morgan fingerprint density at radius 2 is 2.00 bits per heavy atom. The molecule has 0 aromatic carbocycles. The standard InChI is InChI=1S/C17H27N3O/c1-4-17(5-2,21-3)16-19-14-9-10-18-11-13(14)15(20-16)12-7-6-8-12/h12,18H,4-11H2,1-3H3. The molecular weight excluding hydrogens is 262 g/mol. The average Bonchev–Trinajstić information content (AvgIpc) is 2.48. The molecule has 1 aromatic heterocycles. The van der Waals surface area contributed by atoms with Crippen LogP contribution in [0.3, 0.4) is 0 Å². The van der Waals surface area contributed by atoms with Gasteiger partial charge in [-0.05, 0) is 25.7 Å². The van der Waals surface area contributed by atoms with Gasteiger partial charge in [0.25, 0.3) is 0 Å². The topological polar surface area (TPSA) is 47.0 Å². The van der Waals surface area contributed by atoms with Crippen molar-refractivity contribution in [2.24, 2.45) is 0 Å². The third-order valence-corrected chi connectivity index (χ3v) is 5.40. The fraction of sp³-hybridized carbons (Fsp3) is 0.765. The predicted molar refractivity (Wildman–Crippen MR) is 83.3 cm³/mol. The summed E-state index contributed by atoms with van der Waals surface area (Å²) < 4.78 is 5.86. The third kappa shape index (κ3) is 2.49. The van der Waals surface area contributed by atoms with Crippen LogP contribution in [-0.4, -0.2) is 23.6 Å². The highest BCUT2D eigenvalue weighted by Crippen LogP contribution is 2.40. The second-order valence-corrected chi connectivity index (χ2v) is 6.32. The monoisotopic (exact) mass is 289 g/mol. The first-order valence-electron chi connectivity index (χ1n) is 8.40. The predicted octanol–water partition coefficient (Wildman–Crippen LogP) is 3.05. The molecule has 1 N–H and O–H groups in total. The van der Waals surface area contributed by atoms with E-state index < -0.39 is 0 Å². The Balaban J connectivity index is 2.09. The molecule has 1 aromatic rings. The van der Waals surface area contributed by atoms with Crippen LogP contribution in [0.5, 0.6) is 0 Å². The minimum atomic E-state index is -0.321. The Morgan fingerprint density at radius 3 is 2.57 bits per heavy atom. The van der Waals surface area contributed by atoms with Gasteiger partial charge in [-0.3, -0.25) is 0 Å². The molecule has 1 aliphatic heterocycles. The Morgan fingerprint density at radius 1 is 1.24 bits per heavy atom. The van der Waals surface area contributed by atoms with Gasteiger partial charge in [-0.2, -0.15) is 0 Å². The van der Waals surface area contributed by atoms with E-state index in [-0.39, 0.29) is 5.60 Å². The number of hydrogen-bond acceptors (Lipinski definition) is 4. The minimum Gasteiger partial charge on any atom is -0.370 e. The van der Waals surface area contributed by atoms with E-state index in [1.165, 1.54) is 36.2 Å². The number of nitrogens with zero attached hydrogens (tertiary/aromatic N) is 2. The lowest BCUT2D eigenvalue weighted by atomic mass is 9.80. The van der Waals surface area contributed by atoms with Crippen molar-refractivity contribution < 1.29 is 4.74 Å². The molecule has 21 heavy (non-hydrogen) atoms. The number of hydrogen-bond donors (Lipinski definition) is 1. The third-order valence-electron chi connectivity index (χ3n) is 5.40. The van der Waals surface area contributed by atoms with Crippen LogP contribution in [0.15, 0.2) is 0 Å². The minimum absolute atomic E-state index is 0.321. The molecule has 0 saturated heterocycles. The molecule has 3 rings (SSSR count). The normalized spacial score (nSPS) is 19.2. The maximum absolute atomic E-state index is 5.86. The average molecular weight is 289 g/mol. The number of aromatic nitrogens is 2. The van der Waals surface area contributed by atoms with Crippen molar-refractivity contribution in [1.82, 2.24) is 15.3 Å². The van der Waals surface area contributed by atoms with Crippen LogP contribution in [-0.2, 0) is 23.3 Å². The van der Waals surface area contributed by atoms with Gasteiger partial charge in [-0.15, -0.1) is 0 Å².